The zero-order valence-corrected chi connectivity index (χ0v) is 13.1. The van der Waals surface area contributed by atoms with Crippen molar-refractivity contribution < 1.29 is 18.0 Å². The number of carbonyl (C=O) groups excluding carboxylic acids is 1. The Morgan fingerprint density at radius 1 is 1.33 bits per heavy atom. The molecule has 0 bridgehead atoms. The molecule has 8 heteroatoms. The third-order valence-corrected chi connectivity index (χ3v) is 4.28. The van der Waals surface area contributed by atoms with Gasteiger partial charge in [-0.1, -0.05) is 0 Å². The van der Waals surface area contributed by atoms with E-state index in [4.69, 9.17) is 0 Å². The van der Waals surface area contributed by atoms with Crippen LogP contribution >= 0.6 is 0 Å². The van der Waals surface area contributed by atoms with E-state index in [-0.39, 0.29) is 23.1 Å². The summed E-state index contributed by atoms with van der Waals surface area (Å²) in [4.78, 5) is 17.9. The second-order valence-electron chi connectivity index (χ2n) is 5.93. The summed E-state index contributed by atoms with van der Waals surface area (Å²) in [5.41, 5.74) is 0.298. The van der Waals surface area contributed by atoms with E-state index in [0.717, 1.165) is 24.6 Å². The largest absolute Gasteiger partial charge is 0.433 e. The van der Waals surface area contributed by atoms with Gasteiger partial charge in [-0.15, -0.1) is 0 Å². The van der Waals surface area contributed by atoms with Gasteiger partial charge in [0, 0.05) is 30.9 Å². The molecule has 24 heavy (non-hydrogen) atoms. The average Bonchev–Trinajstić information content (AvgIpc) is 3.08. The quantitative estimate of drug-likeness (QED) is 0.915. The molecule has 1 fully saturated rings. The van der Waals surface area contributed by atoms with Crippen molar-refractivity contribution in [3.05, 3.63) is 47.0 Å². The molecule has 5 nitrogen and oxygen atoms in total. The van der Waals surface area contributed by atoms with Crippen LogP contribution in [-0.4, -0.2) is 39.1 Å². The Bertz CT molecular complexity index is 727. The lowest BCUT2D eigenvalue weighted by molar-refractivity contribution is -0.141. The summed E-state index contributed by atoms with van der Waals surface area (Å²) in [6.45, 7) is 2.53. The molecule has 1 amide bonds. The van der Waals surface area contributed by atoms with E-state index in [2.05, 4.69) is 15.2 Å². The Morgan fingerprint density at radius 2 is 2.12 bits per heavy atom. The zero-order chi connectivity index (χ0) is 17.3. The van der Waals surface area contributed by atoms with E-state index in [0.29, 0.717) is 13.1 Å². The van der Waals surface area contributed by atoms with Gasteiger partial charge in [-0.2, -0.15) is 18.3 Å². The van der Waals surface area contributed by atoms with Crippen LogP contribution in [0.5, 0.6) is 0 Å². The monoisotopic (exact) mass is 338 g/mol. The van der Waals surface area contributed by atoms with Gasteiger partial charge in [0.05, 0.1) is 11.3 Å². The first-order valence-corrected chi connectivity index (χ1v) is 7.69. The minimum atomic E-state index is -4.51. The van der Waals surface area contributed by atoms with Crippen molar-refractivity contribution in [2.75, 3.05) is 13.1 Å². The van der Waals surface area contributed by atoms with Crippen molar-refractivity contribution in [1.82, 2.24) is 20.1 Å². The van der Waals surface area contributed by atoms with Gasteiger partial charge in [-0.3, -0.25) is 9.89 Å². The van der Waals surface area contributed by atoms with Crippen LogP contribution in [0.2, 0.25) is 0 Å². The number of hydrogen-bond donors (Lipinski definition) is 1. The summed E-state index contributed by atoms with van der Waals surface area (Å²) in [5, 5.41) is 6.84. The molecule has 0 aliphatic carbocycles. The van der Waals surface area contributed by atoms with Crippen molar-refractivity contribution in [2.24, 2.45) is 0 Å². The maximum Gasteiger partial charge on any atom is 0.433 e. The summed E-state index contributed by atoms with van der Waals surface area (Å²) in [7, 11) is 0. The van der Waals surface area contributed by atoms with Gasteiger partial charge in [-0.05, 0) is 38.0 Å². The number of alkyl halides is 3. The molecule has 2 aromatic rings. The minimum Gasteiger partial charge on any atom is -0.338 e. The van der Waals surface area contributed by atoms with Gasteiger partial charge in [-0.25, -0.2) is 4.98 Å². The molecule has 3 rings (SSSR count). The van der Waals surface area contributed by atoms with E-state index in [9.17, 15) is 18.0 Å². The first-order valence-electron chi connectivity index (χ1n) is 7.69. The molecule has 0 saturated carbocycles. The first-order chi connectivity index (χ1) is 11.4. The van der Waals surface area contributed by atoms with E-state index < -0.39 is 11.9 Å². The van der Waals surface area contributed by atoms with Crippen LogP contribution in [0.25, 0.3) is 0 Å². The standard InChI is InChI=1S/C16H17F3N4O/c1-10-12(4-5-14(21-10)16(17,18)19)15(24)23-8-2-3-11(9-23)13-6-7-20-22-13/h4-7,11H,2-3,8-9H2,1H3,(H,20,22). The number of likely N-dealkylation sites (tertiary alicyclic amines) is 1. The van der Waals surface area contributed by atoms with E-state index in [1.807, 2.05) is 6.07 Å². The van der Waals surface area contributed by atoms with Crippen molar-refractivity contribution in [2.45, 2.75) is 31.9 Å². The molecule has 1 saturated heterocycles. The molecular formula is C16H17F3N4O. The van der Waals surface area contributed by atoms with Gasteiger partial charge >= 0.3 is 6.18 Å². The second kappa shape index (κ2) is 6.26. The fourth-order valence-electron chi connectivity index (χ4n) is 3.02. The van der Waals surface area contributed by atoms with Crippen molar-refractivity contribution in [1.29, 1.82) is 0 Å². The Labute approximate surface area is 136 Å². The van der Waals surface area contributed by atoms with E-state index in [1.165, 1.54) is 13.0 Å². The third-order valence-electron chi connectivity index (χ3n) is 4.28. The molecule has 3 heterocycles. The minimum absolute atomic E-state index is 0.0958. The number of hydrogen-bond acceptors (Lipinski definition) is 3. The summed E-state index contributed by atoms with van der Waals surface area (Å²) >= 11 is 0. The maximum absolute atomic E-state index is 12.7. The number of piperidine rings is 1. The number of aromatic amines is 1. The molecular weight excluding hydrogens is 321 g/mol. The highest BCUT2D eigenvalue weighted by atomic mass is 19.4. The van der Waals surface area contributed by atoms with Crippen LogP contribution in [0.15, 0.2) is 24.4 Å². The fourth-order valence-corrected chi connectivity index (χ4v) is 3.02. The summed E-state index contributed by atoms with van der Waals surface area (Å²) in [6.07, 6.45) is -1.07. The molecule has 0 radical (unpaired) electrons. The molecule has 1 aliphatic heterocycles. The number of halogens is 3. The van der Waals surface area contributed by atoms with Gasteiger partial charge in [0.1, 0.15) is 5.69 Å². The lowest BCUT2D eigenvalue weighted by Gasteiger charge is -2.32. The first kappa shape index (κ1) is 16.5. The van der Waals surface area contributed by atoms with E-state index >= 15 is 0 Å². The second-order valence-corrected chi connectivity index (χ2v) is 5.93. The summed E-state index contributed by atoms with van der Waals surface area (Å²) < 4.78 is 38.1. The number of aromatic nitrogens is 3. The van der Waals surface area contributed by atoms with E-state index in [1.54, 1.807) is 11.1 Å². The molecule has 0 spiro atoms. The molecule has 1 aliphatic rings. The Hall–Kier alpha value is -2.38. The molecule has 1 N–H and O–H groups in total. The highest BCUT2D eigenvalue weighted by Crippen LogP contribution is 2.29. The van der Waals surface area contributed by atoms with Crippen LogP contribution in [-0.2, 0) is 6.18 Å². The van der Waals surface area contributed by atoms with Gasteiger partial charge < -0.3 is 4.90 Å². The highest BCUT2D eigenvalue weighted by Gasteiger charge is 2.34. The maximum atomic E-state index is 12.7. The van der Waals surface area contributed by atoms with Crippen LogP contribution in [0.4, 0.5) is 13.2 Å². The molecule has 0 aromatic carbocycles. The third kappa shape index (κ3) is 3.27. The Morgan fingerprint density at radius 3 is 2.75 bits per heavy atom. The number of H-pyrrole nitrogens is 1. The number of rotatable bonds is 2. The van der Waals surface area contributed by atoms with Gasteiger partial charge in [0.25, 0.3) is 5.91 Å². The Balaban J connectivity index is 1.79. The predicted molar refractivity (Wildman–Crippen MR) is 80.4 cm³/mol. The summed E-state index contributed by atoms with van der Waals surface area (Å²) in [6, 6.07) is 3.95. The lowest BCUT2D eigenvalue weighted by atomic mass is 9.94. The molecule has 1 atom stereocenters. The number of pyridine rings is 1. The molecule has 128 valence electrons. The molecule has 2 aromatic heterocycles. The number of nitrogens with one attached hydrogen (secondary N) is 1. The van der Waals surface area contributed by atoms with Crippen molar-refractivity contribution >= 4 is 5.91 Å². The number of amides is 1. The molecule has 1 unspecified atom stereocenters. The highest BCUT2D eigenvalue weighted by molar-refractivity contribution is 5.95. The van der Waals surface area contributed by atoms with Crippen molar-refractivity contribution in [3.8, 4) is 0 Å². The SMILES string of the molecule is Cc1nc(C(F)(F)F)ccc1C(=O)N1CCCC(c2ccn[nH]2)C1. The lowest BCUT2D eigenvalue weighted by Crippen LogP contribution is -2.39. The average molecular weight is 338 g/mol. The fraction of sp³-hybridized carbons (Fsp3) is 0.438. The summed E-state index contributed by atoms with van der Waals surface area (Å²) in [5.74, 6) is -0.120. The van der Waals surface area contributed by atoms with Crippen molar-refractivity contribution in [3.63, 3.8) is 0 Å². The smallest absolute Gasteiger partial charge is 0.338 e. The van der Waals surface area contributed by atoms with Gasteiger partial charge in [0.2, 0.25) is 0 Å². The number of nitrogens with zero attached hydrogens (tertiary/aromatic N) is 3. The zero-order valence-electron chi connectivity index (χ0n) is 13.1. The topological polar surface area (TPSA) is 61.9 Å². The number of carbonyl (C=O) groups is 1. The van der Waals surface area contributed by atoms with Gasteiger partial charge in [0.15, 0.2) is 0 Å². The van der Waals surface area contributed by atoms with Crippen LogP contribution in [0, 0.1) is 6.92 Å². The normalized spacial score (nSPS) is 18.7. The Kier molecular flexibility index (Phi) is 4.29. The predicted octanol–water partition coefficient (Wildman–Crippen LogP) is 3.15. The number of aryl methyl sites for hydroxylation is 1. The van der Waals surface area contributed by atoms with Crippen LogP contribution < -0.4 is 0 Å². The van der Waals surface area contributed by atoms with Crippen LogP contribution in [0.3, 0.4) is 0 Å². The van der Waals surface area contributed by atoms with Crippen LogP contribution in [0.1, 0.15) is 46.2 Å².